The molecule has 0 spiro atoms. The van der Waals surface area contributed by atoms with Crippen LogP contribution in [0.15, 0.2) is 0 Å². The van der Waals surface area contributed by atoms with Crippen LogP contribution in [-0.2, 0) is 0 Å². The predicted molar refractivity (Wildman–Crippen MR) is 65.4 cm³/mol. The van der Waals surface area contributed by atoms with Crippen LogP contribution < -0.4 is 0 Å². The van der Waals surface area contributed by atoms with Crippen LogP contribution in [0.4, 0.5) is 4.79 Å². The lowest BCUT2D eigenvalue weighted by Crippen LogP contribution is -2.44. The monoisotopic (exact) mass is 224 g/mol. The Morgan fingerprint density at radius 1 is 1.12 bits per heavy atom. The van der Waals surface area contributed by atoms with Gasteiger partial charge in [-0.1, -0.05) is 19.3 Å². The summed E-state index contributed by atoms with van der Waals surface area (Å²) in [4.78, 5) is 16.2. The van der Waals surface area contributed by atoms with Gasteiger partial charge in [-0.05, 0) is 31.6 Å². The SMILES string of the molecule is CN(CC1CCC1)C(=O)N1CCCCCC1. The third-order valence-corrected chi connectivity index (χ3v) is 3.96. The Morgan fingerprint density at radius 3 is 2.25 bits per heavy atom. The number of nitrogens with zero attached hydrogens (tertiary/aromatic N) is 2. The topological polar surface area (TPSA) is 23.6 Å². The molecule has 3 nitrogen and oxygen atoms in total. The third kappa shape index (κ3) is 2.89. The van der Waals surface area contributed by atoms with Crippen molar-refractivity contribution >= 4 is 6.03 Å². The highest BCUT2D eigenvalue weighted by molar-refractivity contribution is 5.74. The van der Waals surface area contributed by atoms with Crippen molar-refractivity contribution < 1.29 is 4.79 Å². The van der Waals surface area contributed by atoms with Crippen LogP contribution in [0.25, 0.3) is 0 Å². The van der Waals surface area contributed by atoms with Crippen LogP contribution in [0.1, 0.15) is 44.9 Å². The van der Waals surface area contributed by atoms with Crippen molar-refractivity contribution in [3.8, 4) is 0 Å². The van der Waals surface area contributed by atoms with Crippen LogP contribution in [0.3, 0.4) is 0 Å². The summed E-state index contributed by atoms with van der Waals surface area (Å²) >= 11 is 0. The molecule has 1 heterocycles. The van der Waals surface area contributed by atoms with Crippen molar-refractivity contribution in [1.82, 2.24) is 9.80 Å². The molecule has 1 saturated carbocycles. The fourth-order valence-electron chi connectivity index (χ4n) is 2.64. The van der Waals surface area contributed by atoms with E-state index in [1.807, 2.05) is 16.8 Å². The number of rotatable bonds is 2. The average molecular weight is 224 g/mol. The molecule has 1 saturated heterocycles. The summed E-state index contributed by atoms with van der Waals surface area (Å²) in [6.07, 6.45) is 8.93. The molecule has 0 aromatic heterocycles. The smallest absolute Gasteiger partial charge is 0.319 e. The summed E-state index contributed by atoms with van der Waals surface area (Å²) in [5, 5.41) is 0. The molecule has 0 N–H and O–H groups in total. The standard InChI is InChI=1S/C13H24N2O/c1-14(11-12-7-6-8-12)13(16)15-9-4-2-3-5-10-15/h12H,2-11H2,1H3. The van der Waals surface area contributed by atoms with Gasteiger partial charge >= 0.3 is 6.03 Å². The number of carbonyl (C=O) groups excluding carboxylic acids is 1. The minimum Gasteiger partial charge on any atom is -0.327 e. The summed E-state index contributed by atoms with van der Waals surface area (Å²) < 4.78 is 0. The van der Waals surface area contributed by atoms with Crippen molar-refractivity contribution in [2.45, 2.75) is 44.9 Å². The highest BCUT2D eigenvalue weighted by atomic mass is 16.2. The van der Waals surface area contributed by atoms with E-state index in [2.05, 4.69) is 0 Å². The maximum atomic E-state index is 12.2. The third-order valence-electron chi connectivity index (χ3n) is 3.96. The summed E-state index contributed by atoms with van der Waals surface area (Å²) in [6, 6.07) is 0.258. The maximum absolute atomic E-state index is 12.2. The Hall–Kier alpha value is -0.730. The summed E-state index contributed by atoms with van der Waals surface area (Å²) in [7, 11) is 1.96. The lowest BCUT2D eigenvalue weighted by Gasteiger charge is -2.33. The van der Waals surface area contributed by atoms with Crippen LogP contribution >= 0.6 is 0 Å². The normalized spacial score (nSPS) is 22.4. The molecule has 0 aromatic carbocycles. The number of likely N-dealkylation sites (tertiary alicyclic amines) is 1. The fraction of sp³-hybridized carbons (Fsp3) is 0.923. The van der Waals surface area contributed by atoms with Gasteiger partial charge in [0.1, 0.15) is 0 Å². The molecule has 3 heteroatoms. The molecule has 0 unspecified atom stereocenters. The largest absolute Gasteiger partial charge is 0.327 e. The lowest BCUT2D eigenvalue weighted by molar-refractivity contribution is 0.146. The van der Waals surface area contributed by atoms with Gasteiger partial charge in [0.15, 0.2) is 0 Å². The molecule has 0 bridgehead atoms. The molecule has 0 aromatic rings. The Bertz CT molecular complexity index is 230. The molecule has 0 atom stereocenters. The summed E-state index contributed by atoms with van der Waals surface area (Å²) in [6.45, 7) is 2.90. The van der Waals surface area contributed by atoms with Crippen molar-refractivity contribution in [3.63, 3.8) is 0 Å². The van der Waals surface area contributed by atoms with E-state index >= 15 is 0 Å². The van der Waals surface area contributed by atoms with Gasteiger partial charge < -0.3 is 9.80 Å². The minimum absolute atomic E-state index is 0.258. The number of amides is 2. The Morgan fingerprint density at radius 2 is 1.75 bits per heavy atom. The molecule has 2 fully saturated rings. The van der Waals surface area contributed by atoms with E-state index in [-0.39, 0.29) is 6.03 Å². The Balaban J connectivity index is 1.79. The van der Waals surface area contributed by atoms with Crippen LogP contribution in [-0.4, -0.2) is 42.5 Å². The van der Waals surface area contributed by atoms with E-state index in [9.17, 15) is 4.79 Å². The highest BCUT2D eigenvalue weighted by Gasteiger charge is 2.24. The van der Waals surface area contributed by atoms with Gasteiger partial charge in [0, 0.05) is 26.7 Å². The first-order valence-corrected chi connectivity index (χ1v) is 6.77. The fourth-order valence-corrected chi connectivity index (χ4v) is 2.64. The van der Waals surface area contributed by atoms with Gasteiger partial charge in [0.25, 0.3) is 0 Å². The molecule has 1 aliphatic carbocycles. The average Bonchev–Trinajstić information content (AvgIpc) is 2.50. The van der Waals surface area contributed by atoms with Crippen molar-refractivity contribution in [2.75, 3.05) is 26.7 Å². The molecular weight excluding hydrogens is 200 g/mol. The first-order valence-electron chi connectivity index (χ1n) is 6.77. The molecule has 2 aliphatic rings. The molecule has 16 heavy (non-hydrogen) atoms. The second kappa shape index (κ2) is 5.55. The van der Waals surface area contributed by atoms with Gasteiger partial charge in [-0.2, -0.15) is 0 Å². The lowest BCUT2D eigenvalue weighted by atomic mass is 9.85. The zero-order valence-corrected chi connectivity index (χ0v) is 10.5. The first-order chi connectivity index (χ1) is 7.77. The predicted octanol–water partition coefficient (Wildman–Crippen LogP) is 2.71. The quantitative estimate of drug-likeness (QED) is 0.707. The maximum Gasteiger partial charge on any atom is 0.319 e. The second-order valence-electron chi connectivity index (χ2n) is 5.36. The number of urea groups is 1. The summed E-state index contributed by atoms with van der Waals surface area (Å²) in [5.74, 6) is 0.779. The van der Waals surface area contributed by atoms with Crippen molar-refractivity contribution in [1.29, 1.82) is 0 Å². The molecule has 92 valence electrons. The van der Waals surface area contributed by atoms with E-state index in [1.54, 1.807) is 0 Å². The molecule has 1 aliphatic heterocycles. The van der Waals surface area contributed by atoms with Gasteiger partial charge in [-0.3, -0.25) is 0 Å². The molecular formula is C13H24N2O. The zero-order valence-electron chi connectivity index (χ0n) is 10.5. The number of carbonyl (C=O) groups is 1. The van der Waals surface area contributed by atoms with Gasteiger partial charge in [-0.15, -0.1) is 0 Å². The minimum atomic E-state index is 0.258. The zero-order chi connectivity index (χ0) is 11.4. The molecule has 2 amide bonds. The van der Waals surface area contributed by atoms with E-state index in [0.717, 1.165) is 25.6 Å². The van der Waals surface area contributed by atoms with Crippen LogP contribution in [0, 0.1) is 5.92 Å². The van der Waals surface area contributed by atoms with E-state index in [0.29, 0.717) is 0 Å². The van der Waals surface area contributed by atoms with Gasteiger partial charge in [0.2, 0.25) is 0 Å². The Labute approximate surface area is 98.8 Å². The van der Waals surface area contributed by atoms with E-state index in [1.165, 1.54) is 44.9 Å². The van der Waals surface area contributed by atoms with E-state index in [4.69, 9.17) is 0 Å². The van der Waals surface area contributed by atoms with Crippen molar-refractivity contribution in [3.05, 3.63) is 0 Å². The summed E-state index contributed by atoms with van der Waals surface area (Å²) in [5.41, 5.74) is 0. The van der Waals surface area contributed by atoms with Crippen LogP contribution in [0.5, 0.6) is 0 Å². The number of hydrogen-bond acceptors (Lipinski definition) is 1. The highest BCUT2D eigenvalue weighted by Crippen LogP contribution is 2.27. The molecule has 0 radical (unpaired) electrons. The second-order valence-corrected chi connectivity index (χ2v) is 5.36. The van der Waals surface area contributed by atoms with Crippen LogP contribution in [0.2, 0.25) is 0 Å². The van der Waals surface area contributed by atoms with Gasteiger partial charge in [0.05, 0.1) is 0 Å². The van der Waals surface area contributed by atoms with Gasteiger partial charge in [-0.25, -0.2) is 4.79 Å². The van der Waals surface area contributed by atoms with Crippen molar-refractivity contribution in [2.24, 2.45) is 5.92 Å². The first kappa shape index (κ1) is 11.7. The Kier molecular flexibility index (Phi) is 4.08. The molecule has 2 rings (SSSR count). The number of hydrogen-bond donors (Lipinski definition) is 0. The van der Waals surface area contributed by atoms with E-state index < -0.39 is 0 Å².